The number of hydrogen-bond donors (Lipinski definition) is 2. The van der Waals surface area contributed by atoms with Crippen molar-refractivity contribution in [1.29, 1.82) is 0 Å². The van der Waals surface area contributed by atoms with Crippen LogP contribution in [0.3, 0.4) is 0 Å². The molecule has 1 saturated heterocycles. The lowest BCUT2D eigenvalue weighted by atomic mass is 10.0. The predicted molar refractivity (Wildman–Crippen MR) is 77.0 cm³/mol. The maximum absolute atomic E-state index is 12.8. The third-order valence-corrected chi connectivity index (χ3v) is 5.51. The summed E-state index contributed by atoms with van der Waals surface area (Å²) in [5.41, 5.74) is -0.676. The smallest absolute Gasteiger partial charge is 0.313 e. The van der Waals surface area contributed by atoms with Gasteiger partial charge in [-0.15, -0.1) is 0 Å². The van der Waals surface area contributed by atoms with Gasteiger partial charge in [-0.05, 0) is 50.9 Å². The van der Waals surface area contributed by atoms with Gasteiger partial charge in [-0.1, -0.05) is 6.07 Å². The predicted octanol–water partition coefficient (Wildman–Crippen LogP) is 2.43. The summed E-state index contributed by atoms with van der Waals surface area (Å²) in [7, 11) is -4.00. The van der Waals surface area contributed by atoms with Crippen LogP contribution in [0.1, 0.15) is 30.9 Å². The summed E-state index contributed by atoms with van der Waals surface area (Å²) in [6.45, 7) is 4.14. The van der Waals surface area contributed by atoms with Crippen molar-refractivity contribution in [2.75, 3.05) is 6.54 Å². The van der Waals surface area contributed by atoms with Gasteiger partial charge < -0.3 is 5.32 Å². The highest BCUT2D eigenvalue weighted by atomic mass is 32.2. The van der Waals surface area contributed by atoms with Gasteiger partial charge in [-0.25, -0.2) is 13.1 Å². The highest BCUT2D eigenvalue weighted by Crippen LogP contribution is 2.31. The Morgan fingerprint density at radius 2 is 2.00 bits per heavy atom. The summed E-state index contributed by atoms with van der Waals surface area (Å²) in [4.78, 5) is -0.319. The van der Waals surface area contributed by atoms with Gasteiger partial charge in [0.2, 0.25) is 10.0 Å². The zero-order chi connectivity index (χ0) is 16.5. The van der Waals surface area contributed by atoms with E-state index in [0.29, 0.717) is 12.5 Å². The largest absolute Gasteiger partial charge is 0.416 e. The fraction of sp³-hybridized carbons (Fsp3) is 0.571. The van der Waals surface area contributed by atoms with Crippen LogP contribution >= 0.6 is 0 Å². The quantitative estimate of drug-likeness (QED) is 0.891. The van der Waals surface area contributed by atoms with Crippen LogP contribution in [0, 0.1) is 6.92 Å². The van der Waals surface area contributed by atoms with E-state index in [1.54, 1.807) is 0 Å². The maximum atomic E-state index is 12.8. The van der Waals surface area contributed by atoms with Crippen molar-refractivity contribution in [2.45, 2.75) is 49.8 Å². The van der Waals surface area contributed by atoms with Gasteiger partial charge in [0.05, 0.1) is 10.5 Å². The number of sulfonamides is 1. The van der Waals surface area contributed by atoms with Crippen LogP contribution < -0.4 is 10.0 Å². The molecule has 1 aromatic rings. The first-order valence-electron chi connectivity index (χ1n) is 7.05. The SMILES string of the molecule is Cc1ccc(C(F)(F)F)cc1S(=O)(=O)NC1CCCNC1C. The minimum absolute atomic E-state index is 0.0605. The molecule has 0 spiro atoms. The molecule has 4 nitrogen and oxygen atoms in total. The normalized spacial score (nSPS) is 23.5. The molecule has 2 atom stereocenters. The highest BCUT2D eigenvalue weighted by molar-refractivity contribution is 7.89. The molecule has 1 heterocycles. The van der Waals surface area contributed by atoms with E-state index >= 15 is 0 Å². The molecule has 0 aliphatic carbocycles. The first-order chi connectivity index (χ1) is 10.1. The standard InChI is InChI=1S/C14H19F3N2O2S/c1-9-5-6-11(14(15,16)17)8-13(9)22(20,21)19-12-4-3-7-18-10(12)2/h5-6,8,10,12,18-19H,3-4,7H2,1-2H3. The number of aryl methyl sites for hydroxylation is 1. The first-order valence-corrected chi connectivity index (χ1v) is 8.53. The summed E-state index contributed by atoms with van der Waals surface area (Å²) in [6, 6.07) is 2.37. The van der Waals surface area contributed by atoms with E-state index in [4.69, 9.17) is 0 Å². The second-order valence-electron chi connectivity index (χ2n) is 5.59. The molecule has 2 rings (SSSR count). The van der Waals surface area contributed by atoms with Crippen LogP contribution in [-0.2, 0) is 16.2 Å². The molecule has 0 saturated carbocycles. The maximum Gasteiger partial charge on any atom is 0.416 e. The molecule has 124 valence electrons. The van der Waals surface area contributed by atoms with E-state index in [9.17, 15) is 21.6 Å². The minimum Gasteiger partial charge on any atom is -0.313 e. The van der Waals surface area contributed by atoms with E-state index in [0.717, 1.165) is 19.0 Å². The second kappa shape index (κ2) is 6.17. The molecule has 0 amide bonds. The Morgan fingerprint density at radius 1 is 1.32 bits per heavy atom. The average Bonchev–Trinajstić information content (AvgIpc) is 2.40. The summed E-state index contributed by atoms with van der Waals surface area (Å²) in [5, 5.41) is 3.15. The molecule has 2 unspecified atom stereocenters. The van der Waals surface area contributed by atoms with Gasteiger partial charge in [0.25, 0.3) is 0 Å². The van der Waals surface area contributed by atoms with Crippen LogP contribution in [0.15, 0.2) is 23.1 Å². The molecule has 0 bridgehead atoms. The molecule has 0 aromatic heterocycles. The summed E-state index contributed by atoms with van der Waals surface area (Å²) in [6.07, 6.45) is -3.10. The fourth-order valence-corrected chi connectivity index (χ4v) is 4.16. The number of benzene rings is 1. The molecule has 22 heavy (non-hydrogen) atoms. The minimum atomic E-state index is -4.57. The molecular formula is C14H19F3N2O2S. The van der Waals surface area contributed by atoms with E-state index < -0.39 is 21.8 Å². The Morgan fingerprint density at radius 3 is 2.59 bits per heavy atom. The van der Waals surface area contributed by atoms with Crippen molar-refractivity contribution in [2.24, 2.45) is 0 Å². The zero-order valence-corrected chi connectivity index (χ0v) is 13.2. The lowest BCUT2D eigenvalue weighted by molar-refractivity contribution is -0.137. The molecule has 1 aliphatic heterocycles. The van der Waals surface area contributed by atoms with Gasteiger partial charge >= 0.3 is 6.18 Å². The van der Waals surface area contributed by atoms with Gasteiger partial charge in [-0.3, -0.25) is 0 Å². The molecular weight excluding hydrogens is 317 g/mol. The molecule has 2 N–H and O–H groups in total. The van der Waals surface area contributed by atoms with Crippen molar-refractivity contribution in [1.82, 2.24) is 10.0 Å². The van der Waals surface area contributed by atoms with E-state index in [2.05, 4.69) is 10.0 Å². The van der Waals surface area contributed by atoms with Crippen LogP contribution in [-0.4, -0.2) is 27.0 Å². The van der Waals surface area contributed by atoms with Gasteiger partial charge in [0.15, 0.2) is 0 Å². The Labute approximate surface area is 128 Å². The van der Waals surface area contributed by atoms with E-state index in [1.807, 2.05) is 6.92 Å². The van der Waals surface area contributed by atoms with Crippen LogP contribution in [0.25, 0.3) is 0 Å². The average molecular weight is 336 g/mol. The number of alkyl halides is 3. The van der Waals surface area contributed by atoms with Crippen molar-refractivity contribution in [3.63, 3.8) is 0 Å². The first kappa shape index (κ1) is 17.2. The fourth-order valence-electron chi connectivity index (χ4n) is 2.53. The topological polar surface area (TPSA) is 58.2 Å². The van der Waals surface area contributed by atoms with Crippen LogP contribution in [0.5, 0.6) is 0 Å². The van der Waals surface area contributed by atoms with Crippen molar-refractivity contribution in [3.8, 4) is 0 Å². The number of piperidine rings is 1. The van der Waals surface area contributed by atoms with Crippen LogP contribution in [0.4, 0.5) is 13.2 Å². The highest BCUT2D eigenvalue weighted by Gasteiger charge is 2.33. The van der Waals surface area contributed by atoms with E-state index in [1.165, 1.54) is 13.0 Å². The van der Waals surface area contributed by atoms with Crippen molar-refractivity contribution < 1.29 is 21.6 Å². The zero-order valence-electron chi connectivity index (χ0n) is 12.4. The number of halogens is 3. The third-order valence-electron chi connectivity index (χ3n) is 3.87. The molecule has 1 fully saturated rings. The molecule has 0 radical (unpaired) electrons. The van der Waals surface area contributed by atoms with Crippen LogP contribution in [0.2, 0.25) is 0 Å². The van der Waals surface area contributed by atoms with Gasteiger partial charge in [0.1, 0.15) is 0 Å². The molecule has 8 heteroatoms. The Hall–Kier alpha value is -1.12. The number of hydrogen-bond acceptors (Lipinski definition) is 3. The molecule has 1 aromatic carbocycles. The Kier molecular flexibility index (Phi) is 4.84. The Bertz CT molecular complexity index is 644. The number of rotatable bonds is 3. The summed E-state index contributed by atoms with van der Waals surface area (Å²) in [5.74, 6) is 0. The third kappa shape index (κ3) is 3.80. The van der Waals surface area contributed by atoms with Gasteiger partial charge in [-0.2, -0.15) is 13.2 Å². The number of nitrogens with one attached hydrogen (secondary N) is 2. The van der Waals surface area contributed by atoms with Crippen molar-refractivity contribution >= 4 is 10.0 Å². The Balaban J connectivity index is 2.32. The summed E-state index contributed by atoms with van der Waals surface area (Å²) >= 11 is 0. The second-order valence-corrected chi connectivity index (χ2v) is 7.27. The lowest BCUT2D eigenvalue weighted by Gasteiger charge is -2.30. The van der Waals surface area contributed by atoms with Gasteiger partial charge in [0, 0.05) is 12.1 Å². The molecule has 1 aliphatic rings. The van der Waals surface area contributed by atoms with E-state index in [-0.39, 0.29) is 22.5 Å². The summed E-state index contributed by atoms with van der Waals surface area (Å²) < 4.78 is 65.8. The monoisotopic (exact) mass is 336 g/mol. The lowest BCUT2D eigenvalue weighted by Crippen LogP contribution is -2.51. The van der Waals surface area contributed by atoms with Crippen molar-refractivity contribution in [3.05, 3.63) is 29.3 Å².